The second-order valence-electron chi connectivity index (χ2n) is 4.91. The number of hydrogen-bond donors (Lipinski definition) is 0. The zero-order valence-electron chi connectivity index (χ0n) is 12.6. The summed E-state index contributed by atoms with van der Waals surface area (Å²) in [4.78, 5) is 13.9. The molecule has 3 rings (SSSR count). The van der Waals surface area contributed by atoms with Crippen molar-refractivity contribution in [1.29, 1.82) is 0 Å². The van der Waals surface area contributed by atoms with E-state index < -0.39 is 32.4 Å². The first-order valence-corrected chi connectivity index (χ1v) is 8.91. The number of alkyl halides is 3. The lowest BCUT2D eigenvalue weighted by Crippen LogP contribution is -2.29. The lowest BCUT2D eigenvalue weighted by molar-refractivity contribution is -0.254. The van der Waals surface area contributed by atoms with Crippen LogP contribution in [0.2, 0.25) is 0 Å². The summed E-state index contributed by atoms with van der Waals surface area (Å²) in [5, 5.41) is 15.3. The molecule has 13 heteroatoms. The lowest BCUT2D eigenvalue weighted by Gasteiger charge is -2.08. The van der Waals surface area contributed by atoms with E-state index >= 15 is 0 Å². The molecule has 0 unspecified atom stereocenters. The summed E-state index contributed by atoms with van der Waals surface area (Å²) < 4.78 is 65.1. The first-order valence-electron chi connectivity index (χ1n) is 6.68. The Bertz CT molecular complexity index is 1120. The molecule has 0 aliphatic rings. The fourth-order valence-corrected chi connectivity index (χ4v) is 3.54. The molecule has 0 amide bonds. The van der Waals surface area contributed by atoms with Crippen LogP contribution in [0.3, 0.4) is 0 Å². The van der Waals surface area contributed by atoms with Crippen LogP contribution >= 0.6 is 11.3 Å². The van der Waals surface area contributed by atoms with Gasteiger partial charge in [0.25, 0.3) is 5.88 Å². The molecule has 0 spiro atoms. The average molecular weight is 406 g/mol. The predicted molar refractivity (Wildman–Crippen MR) is 81.0 cm³/mol. The van der Waals surface area contributed by atoms with Gasteiger partial charge in [-0.2, -0.15) is 31.7 Å². The minimum Gasteiger partial charge on any atom is -0.544 e. The van der Waals surface area contributed by atoms with Crippen molar-refractivity contribution in [2.24, 2.45) is 0 Å². The zero-order chi connectivity index (χ0) is 19.3. The molecule has 0 aliphatic heterocycles. The molecule has 138 valence electrons. The van der Waals surface area contributed by atoms with Gasteiger partial charge in [0.05, 0.1) is 22.7 Å². The number of carboxylic acids is 1. The molecule has 0 radical (unpaired) electrons. The van der Waals surface area contributed by atoms with Crippen molar-refractivity contribution in [2.75, 3.05) is 0 Å². The van der Waals surface area contributed by atoms with Crippen molar-refractivity contribution in [3.63, 3.8) is 0 Å². The Morgan fingerprint density at radius 2 is 2.04 bits per heavy atom. The van der Waals surface area contributed by atoms with Crippen LogP contribution in [0, 0.1) is 6.92 Å². The van der Waals surface area contributed by atoms with Gasteiger partial charge in [0.2, 0.25) is 0 Å². The third-order valence-electron chi connectivity index (χ3n) is 3.18. The Morgan fingerprint density at radius 3 is 2.65 bits per heavy atom. The van der Waals surface area contributed by atoms with E-state index in [1.165, 1.54) is 4.52 Å². The predicted octanol–water partition coefficient (Wildman–Crippen LogP) is 1.36. The number of thiazole rings is 1. The van der Waals surface area contributed by atoms with Gasteiger partial charge in [-0.05, 0) is 19.1 Å². The van der Waals surface area contributed by atoms with E-state index in [1.807, 2.05) is 0 Å². The van der Waals surface area contributed by atoms with E-state index in [9.17, 15) is 31.5 Å². The number of aromatic nitrogens is 3. The van der Waals surface area contributed by atoms with E-state index in [0.717, 1.165) is 0 Å². The molecule has 0 saturated heterocycles. The number of rotatable bonds is 4. The van der Waals surface area contributed by atoms with Gasteiger partial charge < -0.3 is 14.1 Å². The molecule has 0 N–H and O–H groups in total. The van der Waals surface area contributed by atoms with E-state index in [2.05, 4.69) is 14.3 Å². The second kappa shape index (κ2) is 5.95. The maximum absolute atomic E-state index is 12.5. The van der Waals surface area contributed by atoms with Gasteiger partial charge in [-0.25, -0.2) is 4.52 Å². The Kier molecular flexibility index (Phi) is 4.15. The van der Waals surface area contributed by atoms with Crippen LogP contribution in [0.5, 0.6) is 5.88 Å². The van der Waals surface area contributed by atoms with Crippen LogP contribution in [0.4, 0.5) is 13.2 Å². The zero-order valence-corrected chi connectivity index (χ0v) is 14.3. The highest BCUT2D eigenvalue weighted by molar-refractivity contribution is 7.88. The number of carbonyl (C=O) groups is 1. The molecular weight excluding hydrogens is 399 g/mol. The number of aromatic carboxylic acids is 1. The highest BCUT2D eigenvalue weighted by Crippen LogP contribution is 2.38. The van der Waals surface area contributed by atoms with Crippen molar-refractivity contribution >= 4 is 32.9 Å². The molecular formula is C13H7F3N3O5S2-. The first-order chi connectivity index (χ1) is 12.0. The molecule has 0 aromatic carbocycles. The fraction of sp³-hybridized carbons (Fsp3) is 0.154. The quantitative estimate of drug-likeness (QED) is 0.475. The topological polar surface area (TPSA) is 114 Å². The van der Waals surface area contributed by atoms with Gasteiger partial charge in [0, 0.05) is 6.20 Å². The smallest absolute Gasteiger partial charge is 0.534 e. The van der Waals surface area contributed by atoms with Crippen molar-refractivity contribution < 1.29 is 35.7 Å². The molecule has 26 heavy (non-hydrogen) atoms. The number of fused-ring (bicyclic) bond motifs is 1. The SMILES string of the molecule is Cc1nn2ccccc2c1-c1nc(OS(=O)(=O)C(F)(F)F)c(C(=O)[O-])s1. The fourth-order valence-electron chi connectivity index (χ4n) is 2.13. The molecule has 0 saturated carbocycles. The molecule has 0 aliphatic carbocycles. The summed E-state index contributed by atoms with van der Waals surface area (Å²) in [6.07, 6.45) is 1.60. The van der Waals surface area contributed by atoms with E-state index in [4.69, 9.17) is 0 Å². The number of carboxylic acid groups (broad SMARTS) is 1. The van der Waals surface area contributed by atoms with Gasteiger partial charge in [0.15, 0.2) is 0 Å². The summed E-state index contributed by atoms with van der Waals surface area (Å²) in [5.41, 5.74) is -4.51. The van der Waals surface area contributed by atoms with Crippen LogP contribution < -0.4 is 9.29 Å². The van der Waals surface area contributed by atoms with Gasteiger partial charge in [0.1, 0.15) is 9.88 Å². The van der Waals surface area contributed by atoms with Crippen molar-refractivity contribution in [3.8, 4) is 16.5 Å². The van der Waals surface area contributed by atoms with Crippen LogP contribution in [0.15, 0.2) is 24.4 Å². The summed E-state index contributed by atoms with van der Waals surface area (Å²) in [5.74, 6) is -3.13. The summed E-state index contributed by atoms with van der Waals surface area (Å²) in [6.45, 7) is 1.58. The Morgan fingerprint density at radius 1 is 1.35 bits per heavy atom. The summed E-state index contributed by atoms with van der Waals surface area (Å²) >= 11 is 0.422. The van der Waals surface area contributed by atoms with E-state index in [-0.39, 0.29) is 5.01 Å². The first kappa shape index (κ1) is 18.1. The number of hydrogen-bond acceptors (Lipinski definition) is 8. The molecule has 0 atom stereocenters. The van der Waals surface area contributed by atoms with Gasteiger partial charge in [-0.15, -0.1) is 11.3 Å². The van der Waals surface area contributed by atoms with Crippen molar-refractivity contribution in [3.05, 3.63) is 35.0 Å². The maximum Gasteiger partial charge on any atom is 0.534 e. The summed E-state index contributed by atoms with van der Waals surface area (Å²) in [6, 6.07) is 4.98. The molecule has 8 nitrogen and oxygen atoms in total. The van der Waals surface area contributed by atoms with Gasteiger partial charge in [-0.3, -0.25) is 0 Å². The summed E-state index contributed by atoms with van der Waals surface area (Å²) in [7, 11) is -6.08. The van der Waals surface area contributed by atoms with Crippen LogP contribution in [-0.2, 0) is 10.1 Å². The standard InChI is InChI=1S/C13H8F3N3O5S2/c1-6-8(7-4-2-3-5-19(7)18-6)11-17-10(9(25-11)12(20)21)24-26(22,23)13(14,15)16/h2-5H,1H3,(H,20,21)/p-1. The van der Waals surface area contributed by atoms with E-state index in [0.29, 0.717) is 28.1 Å². The molecule has 0 bridgehead atoms. The van der Waals surface area contributed by atoms with Crippen molar-refractivity contribution in [1.82, 2.24) is 14.6 Å². The Labute approximate surface area is 147 Å². The molecule has 3 aromatic rings. The molecule has 3 aromatic heterocycles. The highest BCUT2D eigenvalue weighted by atomic mass is 32.2. The minimum atomic E-state index is -6.08. The van der Waals surface area contributed by atoms with Crippen LogP contribution in [-0.4, -0.2) is 34.5 Å². The number of nitrogens with zero attached hydrogens (tertiary/aromatic N) is 3. The van der Waals surface area contributed by atoms with Gasteiger partial charge in [-0.1, -0.05) is 6.07 Å². The number of aryl methyl sites for hydroxylation is 1. The van der Waals surface area contributed by atoms with Gasteiger partial charge >= 0.3 is 15.6 Å². The molecule has 3 heterocycles. The monoisotopic (exact) mass is 406 g/mol. The average Bonchev–Trinajstić information content (AvgIpc) is 3.05. The van der Waals surface area contributed by atoms with E-state index in [1.54, 1.807) is 31.3 Å². The normalized spacial score (nSPS) is 12.5. The molecule has 0 fully saturated rings. The Balaban J connectivity index is 2.17. The lowest BCUT2D eigenvalue weighted by atomic mass is 10.2. The third-order valence-corrected chi connectivity index (χ3v) is 5.16. The van der Waals surface area contributed by atoms with Crippen molar-refractivity contribution in [2.45, 2.75) is 12.4 Å². The Hall–Kier alpha value is -2.67. The number of pyridine rings is 1. The largest absolute Gasteiger partial charge is 0.544 e. The third kappa shape index (κ3) is 2.99. The minimum absolute atomic E-state index is 0.0738. The number of carbonyl (C=O) groups excluding carboxylic acids is 1. The highest BCUT2D eigenvalue weighted by Gasteiger charge is 2.49. The van der Waals surface area contributed by atoms with Crippen LogP contribution in [0.1, 0.15) is 15.4 Å². The van der Waals surface area contributed by atoms with Crippen LogP contribution in [0.25, 0.3) is 16.1 Å². The number of halogens is 3. The maximum atomic E-state index is 12.5. The second-order valence-corrected chi connectivity index (χ2v) is 7.45.